The largest absolute Gasteiger partial charge is 0.444 e. The maximum absolute atomic E-state index is 12.6. The summed E-state index contributed by atoms with van der Waals surface area (Å²) in [6, 6.07) is 1.94. The molecule has 0 unspecified atom stereocenters. The molecule has 6 heteroatoms. The summed E-state index contributed by atoms with van der Waals surface area (Å²) in [7, 11) is 1.31. The fraction of sp³-hybridized carbons (Fsp3) is 0.600. The average molecular weight is 292 g/mol. The number of aliphatic hydroxyl groups excluding tert-OH is 1. The van der Waals surface area contributed by atoms with E-state index in [9.17, 15) is 15.2 Å². The van der Waals surface area contributed by atoms with Gasteiger partial charge in [0, 0.05) is 25.5 Å². The number of allylic oxidation sites excluding steroid dienone is 1. The predicted molar refractivity (Wildman–Crippen MR) is 74.1 cm³/mol. The van der Waals surface area contributed by atoms with Gasteiger partial charge in [-0.05, 0) is 12.3 Å². The Morgan fingerprint density at radius 2 is 2.05 bits per heavy atom. The number of carbonyl (C=O) groups excluding carboxylic acids is 1. The minimum Gasteiger partial charge on any atom is -0.444 e. The van der Waals surface area contributed by atoms with Crippen LogP contribution in [-0.2, 0) is 14.3 Å². The molecular weight excluding hydrogens is 272 g/mol. The van der Waals surface area contributed by atoms with Crippen molar-refractivity contribution in [2.45, 2.75) is 39.9 Å². The molecule has 0 aromatic rings. The van der Waals surface area contributed by atoms with Crippen LogP contribution >= 0.6 is 0 Å². The van der Waals surface area contributed by atoms with E-state index in [0.717, 1.165) is 0 Å². The Morgan fingerprint density at radius 1 is 1.43 bits per heavy atom. The molecule has 0 fully saturated rings. The van der Waals surface area contributed by atoms with Gasteiger partial charge in [0.2, 0.25) is 5.88 Å². The van der Waals surface area contributed by atoms with Crippen molar-refractivity contribution in [2.75, 3.05) is 7.11 Å². The molecule has 0 aromatic carbocycles. The Balaban J connectivity index is 2.67. The molecule has 114 valence electrons. The van der Waals surface area contributed by atoms with Crippen molar-refractivity contribution in [1.82, 2.24) is 0 Å². The van der Waals surface area contributed by atoms with Gasteiger partial charge in [-0.3, -0.25) is 4.79 Å². The molecule has 2 aliphatic rings. The van der Waals surface area contributed by atoms with Gasteiger partial charge in [-0.2, -0.15) is 5.26 Å². The third-order valence-corrected chi connectivity index (χ3v) is 4.18. The highest BCUT2D eigenvalue weighted by Gasteiger charge is 2.53. The van der Waals surface area contributed by atoms with E-state index in [4.69, 9.17) is 15.2 Å². The van der Waals surface area contributed by atoms with Gasteiger partial charge in [0.05, 0.1) is 5.41 Å². The second-order valence-electron chi connectivity index (χ2n) is 6.48. The number of hydrogen-bond acceptors (Lipinski definition) is 6. The van der Waals surface area contributed by atoms with Crippen LogP contribution in [0.3, 0.4) is 0 Å². The normalized spacial score (nSPS) is 29.6. The molecule has 0 amide bonds. The SMILES string of the molecule is CO[C@@H](O)[C@]1(C)C(C#N)=C(N)OC2=C1C(=O)CC(C)(C)C2. The highest BCUT2D eigenvalue weighted by molar-refractivity contribution is 5.99. The Bertz CT molecular complexity index is 597. The van der Waals surface area contributed by atoms with Gasteiger partial charge in [-0.25, -0.2) is 0 Å². The van der Waals surface area contributed by atoms with Crippen LogP contribution in [0.4, 0.5) is 0 Å². The van der Waals surface area contributed by atoms with E-state index in [1.807, 2.05) is 19.9 Å². The summed E-state index contributed by atoms with van der Waals surface area (Å²) in [6.45, 7) is 5.50. The fourth-order valence-corrected chi connectivity index (χ4v) is 3.15. The van der Waals surface area contributed by atoms with Crippen molar-refractivity contribution in [3.63, 3.8) is 0 Å². The van der Waals surface area contributed by atoms with Crippen LogP contribution in [-0.4, -0.2) is 24.3 Å². The van der Waals surface area contributed by atoms with Crippen LogP contribution in [0.2, 0.25) is 0 Å². The van der Waals surface area contributed by atoms with Gasteiger partial charge < -0.3 is 20.3 Å². The number of ketones is 1. The Hall–Kier alpha value is -1.84. The minimum absolute atomic E-state index is 0.0173. The Labute approximate surface area is 123 Å². The zero-order chi connectivity index (χ0) is 16.0. The summed E-state index contributed by atoms with van der Waals surface area (Å²) in [5.74, 6) is 0.187. The van der Waals surface area contributed by atoms with Crippen LogP contribution in [0.25, 0.3) is 0 Å². The first-order chi connectivity index (χ1) is 9.67. The average Bonchev–Trinajstić information content (AvgIpc) is 2.35. The number of aliphatic hydroxyl groups is 1. The maximum atomic E-state index is 12.6. The van der Waals surface area contributed by atoms with Gasteiger partial charge in [0.15, 0.2) is 12.1 Å². The first-order valence-corrected chi connectivity index (χ1v) is 6.73. The monoisotopic (exact) mass is 292 g/mol. The smallest absolute Gasteiger partial charge is 0.205 e. The van der Waals surface area contributed by atoms with Crippen molar-refractivity contribution in [3.05, 3.63) is 22.8 Å². The Kier molecular flexibility index (Phi) is 3.60. The highest BCUT2D eigenvalue weighted by Crippen LogP contribution is 2.51. The summed E-state index contributed by atoms with van der Waals surface area (Å²) in [6.07, 6.45) is -0.524. The number of ether oxygens (including phenoxy) is 2. The van der Waals surface area contributed by atoms with Crippen LogP contribution in [0.15, 0.2) is 22.8 Å². The number of methoxy groups -OCH3 is 1. The first-order valence-electron chi connectivity index (χ1n) is 6.73. The maximum Gasteiger partial charge on any atom is 0.205 e. The van der Waals surface area contributed by atoms with Crippen molar-refractivity contribution >= 4 is 5.78 Å². The standard InChI is InChI=1S/C15H20N2O4/c1-14(2)5-9(18)11-10(6-14)21-12(17)8(7-16)15(11,3)13(19)20-4/h13,19H,5-6,17H2,1-4H3/t13-,15-/m1/s1. The van der Waals surface area contributed by atoms with Crippen LogP contribution in [0, 0.1) is 22.2 Å². The molecule has 0 radical (unpaired) electrons. The lowest BCUT2D eigenvalue weighted by molar-refractivity contribution is -0.140. The van der Waals surface area contributed by atoms with E-state index in [1.54, 1.807) is 6.92 Å². The van der Waals surface area contributed by atoms with Crippen molar-refractivity contribution in [3.8, 4) is 6.07 Å². The third kappa shape index (κ3) is 2.23. The van der Waals surface area contributed by atoms with Gasteiger partial charge >= 0.3 is 0 Å². The molecule has 1 aliphatic heterocycles. The molecule has 21 heavy (non-hydrogen) atoms. The number of nitriles is 1. The van der Waals surface area contributed by atoms with Crippen LogP contribution in [0.5, 0.6) is 0 Å². The van der Waals surface area contributed by atoms with E-state index in [1.165, 1.54) is 7.11 Å². The number of nitrogens with zero attached hydrogens (tertiary/aromatic N) is 1. The van der Waals surface area contributed by atoms with E-state index in [0.29, 0.717) is 24.2 Å². The summed E-state index contributed by atoms with van der Waals surface area (Å²) < 4.78 is 10.5. The fourth-order valence-electron chi connectivity index (χ4n) is 3.15. The predicted octanol–water partition coefficient (Wildman–Crippen LogP) is 1.32. The molecule has 2 atom stereocenters. The molecule has 0 spiro atoms. The number of nitrogens with two attached hydrogens (primary N) is 1. The summed E-state index contributed by atoms with van der Waals surface area (Å²) >= 11 is 0. The number of rotatable bonds is 2. The highest BCUT2D eigenvalue weighted by atomic mass is 16.6. The van der Waals surface area contributed by atoms with E-state index in [-0.39, 0.29) is 22.7 Å². The molecule has 1 heterocycles. The number of carbonyl (C=O) groups is 1. The molecule has 0 saturated heterocycles. The second kappa shape index (κ2) is 4.86. The third-order valence-electron chi connectivity index (χ3n) is 4.18. The Morgan fingerprint density at radius 3 is 2.57 bits per heavy atom. The van der Waals surface area contributed by atoms with E-state index >= 15 is 0 Å². The molecule has 3 N–H and O–H groups in total. The zero-order valence-corrected chi connectivity index (χ0v) is 12.7. The van der Waals surface area contributed by atoms with Gasteiger partial charge in [-0.1, -0.05) is 13.8 Å². The lowest BCUT2D eigenvalue weighted by Crippen LogP contribution is -2.46. The lowest BCUT2D eigenvalue weighted by Gasteiger charge is -2.43. The van der Waals surface area contributed by atoms with Crippen LogP contribution < -0.4 is 5.73 Å². The quantitative estimate of drug-likeness (QED) is 0.744. The summed E-state index contributed by atoms with van der Waals surface area (Å²) in [5.41, 5.74) is 4.57. The number of Topliss-reactive ketones (excluding diaryl/α,β-unsaturated/α-hetero) is 1. The molecule has 0 saturated carbocycles. The van der Waals surface area contributed by atoms with Gasteiger partial charge in [0.1, 0.15) is 17.4 Å². The van der Waals surface area contributed by atoms with Crippen molar-refractivity contribution < 1.29 is 19.4 Å². The molecule has 1 aliphatic carbocycles. The zero-order valence-electron chi connectivity index (χ0n) is 12.7. The summed E-state index contributed by atoms with van der Waals surface area (Å²) in [4.78, 5) is 12.6. The molecule has 0 aromatic heterocycles. The van der Waals surface area contributed by atoms with Gasteiger partial charge in [0.25, 0.3) is 0 Å². The van der Waals surface area contributed by atoms with Crippen molar-refractivity contribution in [1.29, 1.82) is 5.26 Å². The lowest BCUT2D eigenvalue weighted by atomic mass is 9.65. The molecular formula is C15H20N2O4. The van der Waals surface area contributed by atoms with Crippen LogP contribution in [0.1, 0.15) is 33.6 Å². The first kappa shape index (κ1) is 15.5. The van der Waals surface area contributed by atoms with Crippen molar-refractivity contribution in [2.24, 2.45) is 16.6 Å². The van der Waals surface area contributed by atoms with Gasteiger partial charge in [-0.15, -0.1) is 0 Å². The minimum atomic E-state index is -1.36. The molecule has 2 rings (SSSR count). The molecule has 6 nitrogen and oxygen atoms in total. The van der Waals surface area contributed by atoms with E-state index in [2.05, 4.69) is 0 Å². The number of hydrogen-bond donors (Lipinski definition) is 2. The second-order valence-corrected chi connectivity index (χ2v) is 6.48. The summed E-state index contributed by atoms with van der Waals surface area (Å²) in [5, 5.41) is 19.6. The topological polar surface area (TPSA) is 106 Å². The van der Waals surface area contributed by atoms with E-state index < -0.39 is 11.7 Å². The molecule has 0 bridgehead atoms.